The van der Waals surface area contributed by atoms with Crippen molar-refractivity contribution >= 4 is 13.3 Å². The molecule has 0 aliphatic carbocycles. The van der Waals surface area contributed by atoms with Crippen molar-refractivity contribution in [3.8, 4) is 5.75 Å². The van der Waals surface area contributed by atoms with Gasteiger partial charge in [-0.05, 0) is 6.07 Å². The van der Waals surface area contributed by atoms with Crippen LogP contribution in [-0.2, 0) is 0 Å². The third kappa shape index (κ3) is 1.39. The molecule has 1 aromatic rings. The van der Waals surface area contributed by atoms with Crippen LogP contribution in [0.5, 0.6) is 5.75 Å². The zero-order chi connectivity index (χ0) is 8.43. The Bertz CT molecular complexity index is 338. The zero-order valence-electron chi connectivity index (χ0n) is 5.54. The molecule has 0 aliphatic heterocycles. The molecule has 0 aromatic heterocycles. The van der Waals surface area contributed by atoms with Gasteiger partial charge in [-0.2, -0.15) is 0 Å². The van der Waals surface area contributed by atoms with Crippen LogP contribution in [0.2, 0.25) is 0 Å². The number of halogens is 1. The van der Waals surface area contributed by atoms with E-state index in [0.29, 0.717) is 0 Å². The van der Waals surface area contributed by atoms with Gasteiger partial charge in [0, 0.05) is 0 Å². The van der Waals surface area contributed by atoms with Crippen molar-refractivity contribution in [3.05, 3.63) is 34.2 Å². The monoisotopic (exact) mass is 150 g/mol. The van der Waals surface area contributed by atoms with Gasteiger partial charge in [-0.25, -0.2) is 4.39 Å². The lowest BCUT2D eigenvalue weighted by molar-refractivity contribution is 0.468. The highest BCUT2D eigenvalue weighted by atomic mass is 19.1. The van der Waals surface area contributed by atoms with E-state index < -0.39 is 17.0 Å². The molecule has 54 valence electrons. The molecule has 11 heavy (non-hydrogen) atoms. The van der Waals surface area contributed by atoms with Gasteiger partial charge >= 0.3 is 0 Å². The maximum Gasteiger partial charge on any atom is 0.254 e. The number of hydrogen-bond acceptors (Lipinski definition) is 2. The Morgan fingerprint density at radius 2 is 2.09 bits per heavy atom. The van der Waals surface area contributed by atoms with Crippen molar-refractivity contribution in [2.75, 3.05) is 0 Å². The van der Waals surface area contributed by atoms with Gasteiger partial charge in [0.15, 0.2) is 11.6 Å². The lowest BCUT2D eigenvalue weighted by atomic mass is 9.97. The fourth-order valence-electron chi connectivity index (χ4n) is 0.635. The minimum atomic E-state index is -1.08. The molecule has 0 amide bonds. The van der Waals surface area contributed by atoms with Crippen molar-refractivity contribution in [1.29, 1.82) is 0 Å². The summed E-state index contributed by atoms with van der Waals surface area (Å²) in [5.41, 5.74) is -1.20. The second kappa shape index (κ2) is 2.74. The smallest absolute Gasteiger partial charge is 0.254 e. The fraction of sp³-hybridized carbons (Fsp3) is 0. The van der Waals surface area contributed by atoms with Crippen LogP contribution in [0.3, 0.4) is 0 Å². The number of hydrogen-bond donors (Lipinski definition) is 1. The largest absolute Gasteiger partial charge is 0.504 e. The van der Waals surface area contributed by atoms with Crippen molar-refractivity contribution in [1.82, 2.24) is 0 Å². The van der Waals surface area contributed by atoms with Crippen LogP contribution in [0.1, 0.15) is 0 Å². The maximum atomic E-state index is 12.5. The van der Waals surface area contributed by atoms with Crippen LogP contribution < -0.4 is 10.9 Å². The average Bonchev–Trinajstić information content (AvgIpc) is 2.07. The minimum absolute atomic E-state index is 0.126. The van der Waals surface area contributed by atoms with Crippen LogP contribution in [0, 0.1) is 5.82 Å². The van der Waals surface area contributed by atoms with E-state index in [4.69, 9.17) is 13.0 Å². The first kappa shape index (κ1) is 7.79. The molecular weight excluding hydrogens is 146 g/mol. The van der Waals surface area contributed by atoms with Gasteiger partial charge in [-0.1, -0.05) is 17.6 Å². The summed E-state index contributed by atoms with van der Waals surface area (Å²) >= 11 is 0. The molecule has 0 aliphatic rings. The molecule has 4 heteroatoms. The minimum Gasteiger partial charge on any atom is -0.504 e. The number of aromatic hydroxyl groups is 1. The van der Waals surface area contributed by atoms with Gasteiger partial charge in [-0.3, -0.25) is 4.79 Å². The van der Waals surface area contributed by atoms with E-state index in [1.54, 1.807) is 0 Å². The van der Waals surface area contributed by atoms with E-state index in [1.165, 1.54) is 12.1 Å². The van der Waals surface area contributed by atoms with Crippen molar-refractivity contribution < 1.29 is 9.50 Å². The molecule has 1 aromatic carbocycles. The standard InChI is InChI=1S/C7H4BFO2/c8-4-2-1-3-5(9)7(11)6(4)10/h1-3H,(H,10,11). The molecule has 2 nitrogen and oxygen atoms in total. The molecule has 0 atom stereocenters. The Morgan fingerprint density at radius 3 is 2.73 bits per heavy atom. The van der Waals surface area contributed by atoms with Crippen LogP contribution in [0.4, 0.5) is 4.39 Å². The van der Waals surface area contributed by atoms with Gasteiger partial charge in [-0.15, -0.1) is 0 Å². The Morgan fingerprint density at radius 1 is 1.45 bits per heavy atom. The third-order valence-electron chi connectivity index (χ3n) is 1.22. The first-order chi connectivity index (χ1) is 5.13. The van der Waals surface area contributed by atoms with Crippen molar-refractivity contribution in [2.24, 2.45) is 0 Å². The molecule has 0 saturated carbocycles. The summed E-state index contributed by atoms with van der Waals surface area (Å²) in [6.45, 7) is 0. The molecule has 0 unspecified atom stereocenters. The summed E-state index contributed by atoms with van der Waals surface area (Å²) in [7, 11) is 5.15. The summed E-state index contributed by atoms with van der Waals surface area (Å²) in [5, 5.41) is 8.87. The predicted octanol–water partition coefficient (Wildman–Crippen LogP) is -0.315. The van der Waals surface area contributed by atoms with Gasteiger partial charge in [0.25, 0.3) is 5.43 Å². The second-order valence-corrected chi connectivity index (χ2v) is 2.01. The van der Waals surface area contributed by atoms with E-state index in [-0.39, 0.29) is 5.46 Å². The molecule has 0 fully saturated rings. The topological polar surface area (TPSA) is 37.3 Å². The average molecular weight is 150 g/mol. The fourth-order valence-corrected chi connectivity index (χ4v) is 0.635. The van der Waals surface area contributed by atoms with E-state index in [1.807, 2.05) is 0 Å². The van der Waals surface area contributed by atoms with Crippen LogP contribution in [0.15, 0.2) is 23.0 Å². The van der Waals surface area contributed by atoms with Gasteiger partial charge in [0.05, 0.1) is 0 Å². The first-order valence-electron chi connectivity index (χ1n) is 2.90. The normalized spacial score (nSPS) is 9.55. The maximum absolute atomic E-state index is 12.5. The van der Waals surface area contributed by atoms with Gasteiger partial charge in [0.1, 0.15) is 7.85 Å². The quantitative estimate of drug-likeness (QED) is 0.514. The van der Waals surface area contributed by atoms with Crippen LogP contribution in [0.25, 0.3) is 0 Å². The van der Waals surface area contributed by atoms with Crippen LogP contribution in [-0.4, -0.2) is 13.0 Å². The molecule has 0 bridgehead atoms. The van der Waals surface area contributed by atoms with Gasteiger partial charge < -0.3 is 5.11 Å². The SMILES string of the molecule is [B]c1cccc(F)c(=O)c1O. The van der Waals surface area contributed by atoms with E-state index in [0.717, 1.165) is 6.07 Å². The lowest BCUT2D eigenvalue weighted by Crippen LogP contribution is -2.10. The van der Waals surface area contributed by atoms with E-state index >= 15 is 0 Å². The Balaban J connectivity index is 3.62. The van der Waals surface area contributed by atoms with Crippen molar-refractivity contribution in [2.45, 2.75) is 0 Å². The Hall–Kier alpha value is -1.32. The molecule has 1 N–H and O–H groups in total. The summed E-state index contributed by atoms with van der Waals surface area (Å²) in [6, 6.07) is 3.45. The predicted molar refractivity (Wildman–Crippen MR) is 39.7 cm³/mol. The van der Waals surface area contributed by atoms with E-state index in [9.17, 15) is 9.18 Å². The van der Waals surface area contributed by atoms with E-state index in [2.05, 4.69) is 0 Å². The zero-order valence-corrected chi connectivity index (χ0v) is 5.54. The Kier molecular flexibility index (Phi) is 1.94. The Labute approximate surface area is 63.7 Å². The van der Waals surface area contributed by atoms with Crippen LogP contribution >= 0.6 is 0 Å². The molecule has 0 heterocycles. The highest BCUT2D eigenvalue weighted by Crippen LogP contribution is 1.94. The molecule has 0 spiro atoms. The summed E-state index contributed by atoms with van der Waals surface area (Å²) in [6.07, 6.45) is 0. The summed E-state index contributed by atoms with van der Waals surface area (Å²) in [5.74, 6) is -1.76. The molecule has 1 rings (SSSR count). The lowest BCUT2D eigenvalue weighted by Gasteiger charge is -1.87. The summed E-state index contributed by atoms with van der Waals surface area (Å²) < 4.78 is 12.5. The molecule has 2 radical (unpaired) electrons. The molecule has 0 saturated heterocycles. The van der Waals surface area contributed by atoms with Crippen molar-refractivity contribution in [3.63, 3.8) is 0 Å². The highest BCUT2D eigenvalue weighted by molar-refractivity contribution is 6.34. The second-order valence-electron chi connectivity index (χ2n) is 2.01. The first-order valence-corrected chi connectivity index (χ1v) is 2.90. The summed E-state index contributed by atoms with van der Waals surface area (Å²) in [4.78, 5) is 10.7. The van der Waals surface area contributed by atoms with Gasteiger partial charge in [0.2, 0.25) is 0 Å². The third-order valence-corrected chi connectivity index (χ3v) is 1.22. The molecular formula is C7H4BFO2. The number of rotatable bonds is 0. The highest BCUT2D eigenvalue weighted by Gasteiger charge is 2.02.